The fourth-order valence-electron chi connectivity index (χ4n) is 2.27. The second-order valence-electron chi connectivity index (χ2n) is 5.42. The van der Waals surface area contributed by atoms with Crippen molar-refractivity contribution in [3.05, 3.63) is 30.3 Å². The van der Waals surface area contributed by atoms with Crippen LogP contribution in [-0.4, -0.2) is 19.9 Å². The predicted octanol–water partition coefficient (Wildman–Crippen LogP) is 1.75. The molecule has 5 nitrogen and oxygen atoms in total. The molecular formula is C14H17N3O2S. The van der Waals surface area contributed by atoms with E-state index in [0.29, 0.717) is 29.7 Å². The van der Waals surface area contributed by atoms with Gasteiger partial charge in [0.2, 0.25) is 10.0 Å². The first-order chi connectivity index (χ1) is 9.45. The third kappa shape index (κ3) is 2.62. The van der Waals surface area contributed by atoms with E-state index >= 15 is 0 Å². The summed E-state index contributed by atoms with van der Waals surface area (Å²) in [6.45, 7) is 2.65. The molecule has 2 atom stereocenters. The number of hydrogen-bond donors (Lipinski definition) is 2. The smallest absolute Gasteiger partial charge is 0.240 e. The highest BCUT2D eigenvalue weighted by molar-refractivity contribution is 7.89. The van der Waals surface area contributed by atoms with Crippen molar-refractivity contribution in [1.82, 2.24) is 9.71 Å². The van der Waals surface area contributed by atoms with Crippen LogP contribution < -0.4 is 10.5 Å². The van der Waals surface area contributed by atoms with E-state index in [1.165, 1.54) is 0 Å². The molecule has 3 rings (SSSR count). The molecule has 0 bridgehead atoms. The van der Waals surface area contributed by atoms with Crippen LogP contribution in [0.1, 0.15) is 13.3 Å². The zero-order valence-electron chi connectivity index (χ0n) is 11.2. The van der Waals surface area contributed by atoms with Crippen molar-refractivity contribution in [1.29, 1.82) is 0 Å². The molecule has 1 aromatic carbocycles. The Morgan fingerprint density at radius 3 is 2.80 bits per heavy atom. The van der Waals surface area contributed by atoms with E-state index < -0.39 is 10.0 Å². The number of hydrogen-bond acceptors (Lipinski definition) is 4. The van der Waals surface area contributed by atoms with Crippen LogP contribution >= 0.6 is 0 Å². The summed E-state index contributed by atoms with van der Waals surface area (Å²) in [6.07, 6.45) is 1.10. The van der Waals surface area contributed by atoms with E-state index in [4.69, 9.17) is 5.73 Å². The molecule has 1 heterocycles. The van der Waals surface area contributed by atoms with Gasteiger partial charge in [0.25, 0.3) is 0 Å². The van der Waals surface area contributed by atoms with E-state index in [-0.39, 0.29) is 4.90 Å². The Morgan fingerprint density at radius 1 is 1.35 bits per heavy atom. The summed E-state index contributed by atoms with van der Waals surface area (Å²) < 4.78 is 27.1. The largest absolute Gasteiger partial charge is 0.384 e. The van der Waals surface area contributed by atoms with Crippen LogP contribution in [0.2, 0.25) is 0 Å². The molecular weight excluding hydrogens is 274 g/mol. The number of fused-ring (bicyclic) bond motifs is 1. The van der Waals surface area contributed by atoms with Gasteiger partial charge in [-0.15, -0.1) is 0 Å². The van der Waals surface area contributed by atoms with E-state index in [0.717, 1.165) is 11.8 Å². The molecule has 2 aromatic rings. The Kier molecular flexibility index (Phi) is 3.14. The SMILES string of the molecule is CC1CC1CNS(=O)(=O)c1ccc2nc(N)ccc2c1. The maximum atomic E-state index is 12.2. The van der Waals surface area contributed by atoms with Gasteiger partial charge in [0.05, 0.1) is 10.4 Å². The van der Waals surface area contributed by atoms with Gasteiger partial charge in [-0.3, -0.25) is 0 Å². The van der Waals surface area contributed by atoms with Crippen molar-refractivity contribution < 1.29 is 8.42 Å². The van der Waals surface area contributed by atoms with Crippen molar-refractivity contribution in [2.75, 3.05) is 12.3 Å². The standard InChI is InChI=1S/C14H17N3O2S/c1-9-6-11(9)8-16-20(18,19)12-3-4-13-10(7-12)2-5-14(15)17-13/h2-5,7,9,11,16H,6,8H2,1H3,(H2,15,17). The minimum Gasteiger partial charge on any atom is -0.384 e. The van der Waals surface area contributed by atoms with E-state index in [1.54, 1.807) is 30.3 Å². The zero-order chi connectivity index (χ0) is 14.3. The molecule has 1 aliphatic rings. The maximum Gasteiger partial charge on any atom is 0.240 e. The van der Waals surface area contributed by atoms with Gasteiger partial charge < -0.3 is 5.73 Å². The van der Waals surface area contributed by atoms with Crippen LogP contribution in [0, 0.1) is 11.8 Å². The lowest BCUT2D eigenvalue weighted by molar-refractivity contribution is 0.574. The number of pyridine rings is 1. The van der Waals surface area contributed by atoms with Crippen LogP contribution in [0.5, 0.6) is 0 Å². The quantitative estimate of drug-likeness (QED) is 0.898. The lowest BCUT2D eigenvalue weighted by atomic mass is 10.2. The van der Waals surface area contributed by atoms with Crippen molar-refractivity contribution in [2.45, 2.75) is 18.2 Å². The van der Waals surface area contributed by atoms with E-state index in [1.807, 2.05) is 0 Å². The Hall–Kier alpha value is -1.66. The Morgan fingerprint density at radius 2 is 2.10 bits per heavy atom. The Balaban J connectivity index is 1.86. The van der Waals surface area contributed by atoms with E-state index in [2.05, 4.69) is 16.6 Å². The van der Waals surface area contributed by atoms with Crippen molar-refractivity contribution in [3.8, 4) is 0 Å². The predicted molar refractivity (Wildman–Crippen MR) is 78.6 cm³/mol. The monoisotopic (exact) mass is 291 g/mol. The molecule has 0 amide bonds. The van der Waals surface area contributed by atoms with Gasteiger partial charge in [-0.25, -0.2) is 18.1 Å². The fourth-order valence-corrected chi connectivity index (χ4v) is 3.40. The minimum atomic E-state index is -3.45. The molecule has 0 aliphatic heterocycles. The summed E-state index contributed by atoms with van der Waals surface area (Å²) in [6, 6.07) is 8.31. The Bertz CT molecular complexity index is 758. The highest BCUT2D eigenvalue weighted by atomic mass is 32.2. The number of benzene rings is 1. The average molecular weight is 291 g/mol. The van der Waals surface area contributed by atoms with Gasteiger partial charge in [0.15, 0.2) is 0 Å². The summed E-state index contributed by atoms with van der Waals surface area (Å²) in [5.41, 5.74) is 6.30. The summed E-state index contributed by atoms with van der Waals surface area (Å²) in [4.78, 5) is 4.42. The van der Waals surface area contributed by atoms with Crippen LogP contribution in [0.4, 0.5) is 5.82 Å². The van der Waals surface area contributed by atoms with Gasteiger partial charge in [-0.05, 0) is 48.6 Å². The lowest BCUT2D eigenvalue weighted by Gasteiger charge is -2.07. The van der Waals surface area contributed by atoms with Gasteiger partial charge in [0, 0.05) is 11.9 Å². The summed E-state index contributed by atoms with van der Waals surface area (Å²) in [5, 5.41) is 0.766. The third-order valence-corrected chi connectivity index (χ3v) is 5.23. The van der Waals surface area contributed by atoms with Crippen LogP contribution in [0.25, 0.3) is 10.9 Å². The molecule has 2 unspecified atom stereocenters. The number of aromatic nitrogens is 1. The highest BCUT2D eigenvalue weighted by Crippen LogP contribution is 2.37. The molecule has 20 heavy (non-hydrogen) atoms. The number of rotatable bonds is 4. The molecule has 1 aromatic heterocycles. The number of nitrogens with one attached hydrogen (secondary N) is 1. The second kappa shape index (κ2) is 4.71. The summed E-state index contributed by atoms with van der Waals surface area (Å²) in [7, 11) is -3.45. The van der Waals surface area contributed by atoms with Crippen LogP contribution in [0.3, 0.4) is 0 Å². The molecule has 106 valence electrons. The van der Waals surface area contributed by atoms with Crippen molar-refractivity contribution in [2.24, 2.45) is 11.8 Å². The lowest BCUT2D eigenvalue weighted by Crippen LogP contribution is -2.26. The molecule has 0 saturated heterocycles. The van der Waals surface area contributed by atoms with Gasteiger partial charge in [-0.1, -0.05) is 6.92 Å². The van der Waals surface area contributed by atoms with E-state index in [9.17, 15) is 8.42 Å². The molecule has 0 spiro atoms. The summed E-state index contributed by atoms with van der Waals surface area (Å²) >= 11 is 0. The zero-order valence-corrected chi connectivity index (χ0v) is 12.0. The maximum absolute atomic E-state index is 12.2. The molecule has 3 N–H and O–H groups in total. The first-order valence-electron chi connectivity index (χ1n) is 6.62. The van der Waals surface area contributed by atoms with Gasteiger partial charge >= 0.3 is 0 Å². The highest BCUT2D eigenvalue weighted by Gasteiger charge is 2.33. The molecule has 1 fully saturated rings. The number of sulfonamides is 1. The molecule has 1 aliphatic carbocycles. The molecule has 1 saturated carbocycles. The fraction of sp³-hybridized carbons (Fsp3) is 0.357. The molecule has 0 radical (unpaired) electrons. The normalized spacial score (nSPS) is 22.1. The van der Waals surface area contributed by atoms with Gasteiger partial charge in [-0.2, -0.15) is 0 Å². The first-order valence-corrected chi connectivity index (χ1v) is 8.10. The number of anilines is 1. The second-order valence-corrected chi connectivity index (χ2v) is 7.18. The number of nitrogens with zero attached hydrogens (tertiary/aromatic N) is 1. The van der Waals surface area contributed by atoms with Gasteiger partial charge in [0.1, 0.15) is 5.82 Å². The van der Waals surface area contributed by atoms with Crippen LogP contribution in [0.15, 0.2) is 35.2 Å². The average Bonchev–Trinajstić information content (AvgIpc) is 3.12. The minimum absolute atomic E-state index is 0.268. The van der Waals surface area contributed by atoms with Crippen molar-refractivity contribution in [3.63, 3.8) is 0 Å². The van der Waals surface area contributed by atoms with Crippen molar-refractivity contribution >= 4 is 26.7 Å². The topological polar surface area (TPSA) is 85.1 Å². The Labute approximate surface area is 118 Å². The summed E-state index contributed by atoms with van der Waals surface area (Å²) in [5.74, 6) is 1.53. The third-order valence-electron chi connectivity index (χ3n) is 3.80. The number of nitrogen functional groups attached to an aromatic ring is 1. The van der Waals surface area contributed by atoms with Crippen LogP contribution in [-0.2, 0) is 10.0 Å². The first kappa shape index (κ1) is 13.3. The number of nitrogens with two attached hydrogens (primary N) is 1. The molecule has 6 heteroatoms.